The lowest BCUT2D eigenvalue weighted by molar-refractivity contribution is -0.154. The molecule has 4 fully saturated rings. The average Bonchev–Trinajstić information content (AvgIpc) is 3.07. The Labute approximate surface area is 201 Å². The first-order valence-corrected chi connectivity index (χ1v) is 14.7. The molecule has 0 aromatic carbocycles. The monoisotopic (exact) mass is 492 g/mol. The molecule has 0 aromatic rings. The van der Waals surface area contributed by atoms with E-state index in [1.165, 1.54) is 57.8 Å². The standard InChI is InChI=1S/C29H49BrO/c1-7-20(18(2)3)9-8-19(4)23-10-11-24-22-17-27(31)26-16-21(30)12-14-29(26,6)25(22)13-15-28(23,24)5/h18-26H,7-17H2,1-6H3/t19-,20-,21+,22-,23+,24-,25-,26-,28-,29-/m1/s1. The Bertz CT molecular complexity index is 657. The van der Waals surface area contributed by atoms with Crippen molar-refractivity contribution in [3.05, 3.63) is 0 Å². The van der Waals surface area contributed by atoms with Gasteiger partial charge in [-0.3, -0.25) is 4.79 Å². The third-order valence-corrected chi connectivity index (χ3v) is 12.4. The second-order valence-electron chi connectivity index (χ2n) is 13.2. The van der Waals surface area contributed by atoms with Crippen LogP contribution in [0.2, 0.25) is 0 Å². The molecule has 1 nitrogen and oxygen atoms in total. The van der Waals surface area contributed by atoms with Crippen molar-refractivity contribution in [3.63, 3.8) is 0 Å². The van der Waals surface area contributed by atoms with Crippen molar-refractivity contribution < 1.29 is 4.79 Å². The second-order valence-corrected chi connectivity index (χ2v) is 14.5. The van der Waals surface area contributed by atoms with Crippen LogP contribution in [-0.2, 0) is 4.79 Å². The Kier molecular flexibility index (Phi) is 7.10. The number of carbonyl (C=O) groups is 1. The summed E-state index contributed by atoms with van der Waals surface area (Å²) in [5.41, 5.74) is 0.761. The molecule has 0 heterocycles. The molecule has 0 aromatic heterocycles. The van der Waals surface area contributed by atoms with Crippen molar-refractivity contribution >= 4 is 21.7 Å². The molecule has 0 unspecified atom stereocenters. The Morgan fingerprint density at radius 3 is 2.32 bits per heavy atom. The molecular formula is C29H49BrO. The summed E-state index contributed by atoms with van der Waals surface area (Å²) in [7, 11) is 0. The van der Waals surface area contributed by atoms with Crippen molar-refractivity contribution in [2.75, 3.05) is 0 Å². The fraction of sp³-hybridized carbons (Fsp3) is 0.966. The van der Waals surface area contributed by atoms with Crippen LogP contribution in [0.3, 0.4) is 0 Å². The quantitative estimate of drug-likeness (QED) is 0.338. The van der Waals surface area contributed by atoms with Gasteiger partial charge < -0.3 is 0 Å². The first-order chi connectivity index (χ1) is 14.6. The molecule has 4 rings (SSSR count). The highest BCUT2D eigenvalue weighted by Gasteiger charge is 2.62. The minimum atomic E-state index is 0.279. The number of halogens is 1. The lowest BCUT2D eigenvalue weighted by atomic mass is 9.44. The van der Waals surface area contributed by atoms with Crippen LogP contribution in [0.5, 0.6) is 0 Å². The minimum Gasteiger partial charge on any atom is -0.299 e. The topological polar surface area (TPSA) is 17.1 Å². The lowest BCUT2D eigenvalue weighted by Gasteiger charge is -2.60. The van der Waals surface area contributed by atoms with Crippen molar-refractivity contribution in [1.82, 2.24) is 0 Å². The molecule has 0 aliphatic heterocycles. The number of rotatable bonds is 6. The summed E-state index contributed by atoms with van der Waals surface area (Å²) >= 11 is 3.85. The Hall–Kier alpha value is 0.150. The van der Waals surface area contributed by atoms with Gasteiger partial charge >= 0.3 is 0 Å². The number of ketones is 1. The third-order valence-electron chi connectivity index (χ3n) is 11.6. The van der Waals surface area contributed by atoms with Gasteiger partial charge in [0.1, 0.15) is 5.78 Å². The summed E-state index contributed by atoms with van der Waals surface area (Å²) in [5.74, 6) is 6.65. The van der Waals surface area contributed by atoms with E-state index in [2.05, 4.69) is 57.5 Å². The summed E-state index contributed by atoms with van der Waals surface area (Å²) in [6, 6.07) is 0. The van der Waals surface area contributed by atoms with E-state index in [1.54, 1.807) is 0 Å². The largest absolute Gasteiger partial charge is 0.299 e. The molecule has 31 heavy (non-hydrogen) atoms. The fourth-order valence-electron chi connectivity index (χ4n) is 9.66. The Balaban J connectivity index is 1.49. The molecule has 0 bridgehead atoms. The van der Waals surface area contributed by atoms with Gasteiger partial charge in [-0.1, -0.05) is 70.3 Å². The van der Waals surface area contributed by atoms with Crippen LogP contribution in [0.1, 0.15) is 112 Å². The number of hydrogen-bond donors (Lipinski definition) is 0. The van der Waals surface area contributed by atoms with Crippen LogP contribution in [-0.4, -0.2) is 10.6 Å². The van der Waals surface area contributed by atoms with Crippen molar-refractivity contribution in [2.24, 2.45) is 58.2 Å². The van der Waals surface area contributed by atoms with Gasteiger partial charge in [0.2, 0.25) is 0 Å². The smallest absolute Gasteiger partial charge is 0.136 e. The van der Waals surface area contributed by atoms with Gasteiger partial charge in [-0.15, -0.1) is 0 Å². The molecule has 4 aliphatic rings. The van der Waals surface area contributed by atoms with Crippen molar-refractivity contribution in [3.8, 4) is 0 Å². The van der Waals surface area contributed by atoms with E-state index in [1.807, 2.05) is 0 Å². The zero-order valence-corrected chi connectivity index (χ0v) is 22.8. The number of alkyl halides is 1. The lowest BCUT2D eigenvalue weighted by Crippen LogP contribution is -2.56. The second kappa shape index (κ2) is 9.07. The number of carbonyl (C=O) groups excluding carboxylic acids is 1. The van der Waals surface area contributed by atoms with Gasteiger partial charge in [0.15, 0.2) is 0 Å². The highest BCUT2D eigenvalue weighted by atomic mass is 79.9. The number of fused-ring (bicyclic) bond motifs is 5. The Morgan fingerprint density at radius 2 is 1.65 bits per heavy atom. The SMILES string of the molecule is CC[C@H](CC[C@@H](C)[C@@H]1CC[C@@H]2[C@H]3CC(=O)[C@H]4C[C@@H](Br)CC[C@]4(C)[C@@H]3CC[C@@]21C)C(C)C. The molecule has 0 N–H and O–H groups in total. The van der Waals surface area contributed by atoms with Crippen molar-refractivity contribution in [1.29, 1.82) is 0 Å². The van der Waals surface area contributed by atoms with Gasteiger partial charge in [0.25, 0.3) is 0 Å². The van der Waals surface area contributed by atoms with E-state index in [-0.39, 0.29) is 5.41 Å². The summed E-state index contributed by atoms with van der Waals surface area (Å²) in [4.78, 5) is 14.0. The Morgan fingerprint density at radius 1 is 0.968 bits per heavy atom. The molecular weight excluding hydrogens is 444 g/mol. The molecule has 178 valence electrons. The van der Waals surface area contributed by atoms with Gasteiger partial charge in [-0.2, -0.15) is 0 Å². The molecule has 2 heteroatoms. The average molecular weight is 494 g/mol. The summed E-state index contributed by atoms with van der Waals surface area (Å²) in [6.45, 7) is 14.9. The predicted molar refractivity (Wildman–Crippen MR) is 135 cm³/mol. The summed E-state index contributed by atoms with van der Waals surface area (Å²) < 4.78 is 0. The van der Waals surface area contributed by atoms with E-state index in [0.29, 0.717) is 27.9 Å². The van der Waals surface area contributed by atoms with E-state index in [4.69, 9.17) is 0 Å². The minimum absolute atomic E-state index is 0.279. The maximum atomic E-state index is 13.4. The van der Waals surface area contributed by atoms with Crippen LogP contribution >= 0.6 is 15.9 Å². The molecule has 4 saturated carbocycles. The first kappa shape index (κ1) is 24.3. The highest BCUT2D eigenvalue weighted by Crippen LogP contribution is 2.68. The predicted octanol–water partition coefficient (Wildman–Crippen LogP) is 8.69. The van der Waals surface area contributed by atoms with Gasteiger partial charge in [0.05, 0.1) is 0 Å². The molecule has 4 aliphatic carbocycles. The molecule has 0 radical (unpaired) electrons. The molecule has 10 atom stereocenters. The fourth-order valence-corrected chi connectivity index (χ4v) is 10.3. The zero-order valence-electron chi connectivity index (χ0n) is 21.3. The van der Waals surface area contributed by atoms with Gasteiger partial charge in [-0.25, -0.2) is 0 Å². The van der Waals surface area contributed by atoms with Crippen LogP contribution in [0, 0.1) is 58.2 Å². The van der Waals surface area contributed by atoms with Crippen LogP contribution < -0.4 is 0 Å². The first-order valence-electron chi connectivity index (χ1n) is 13.8. The van der Waals surface area contributed by atoms with E-state index < -0.39 is 0 Å². The van der Waals surface area contributed by atoms with Crippen LogP contribution in [0.4, 0.5) is 0 Å². The third kappa shape index (κ3) is 4.12. The van der Waals surface area contributed by atoms with Crippen LogP contribution in [0.25, 0.3) is 0 Å². The summed E-state index contributed by atoms with van der Waals surface area (Å²) in [5, 5.41) is 0. The molecule has 0 saturated heterocycles. The number of hydrogen-bond acceptors (Lipinski definition) is 1. The van der Waals surface area contributed by atoms with Gasteiger partial charge in [-0.05, 0) is 104 Å². The molecule has 0 spiro atoms. The van der Waals surface area contributed by atoms with Crippen molar-refractivity contribution in [2.45, 2.75) is 117 Å². The highest BCUT2D eigenvalue weighted by molar-refractivity contribution is 9.09. The van der Waals surface area contributed by atoms with Gasteiger partial charge in [0, 0.05) is 17.2 Å². The summed E-state index contributed by atoms with van der Waals surface area (Å²) in [6.07, 6.45) is 14.3. The maximum absolute atomic E-state index is 13.4. The van der Waals surface area contributed by atoms with E-state index in [0.717, 1.165) is 48.3 Å². The van der Waals surface area contributed by atoms with E-state index >= 15 is 0 Å². The normalized spacial score (nSPS) is 46.9. The maximum Gasteiger partial charge on any atom is 0.136 e. The van der Waals surface area contributed by atoms with E-state index in [9.17, 15) is 4.79 Å². The zero-order chi connectivity index (χ0) is 22.6. The molecule has 0 amide bonds. The van der Waals surface area contributed by atoms with Crippen LogP contribution in [0.15, 0.2) is 0 Å². The number of Topliss-reactive ketones (excluding diaryl/α,β-unsaturated/α-hetero) is 1.